The van der Waals surface area contributed by atoms with Crippen molar-refractivity contribution >= 4 is 29.2 Å². The van der Waals surface area contributed by atoms with Crippen LogP contribution in [-0.2, 0) is 16.0 Å². The molecule has 5 rings (SSSR count). The smallest absolute Gasteiger partial charge is 0.264 e. The molecule has 2 unspecified atom stereocenters. The fourth-order valence-electron chi connectivity index (χ4n) is 4.45. The van der Waals surface area contributed by atoms with Gasteiger partial charge in [-0.3, -0.25) is 14.2 Å². The minimum Gasteiger partial charge on any atom is -0.370 e. The van der Waals surface area contributed by atoms with Crippen molar-refractivity contribution in [3.05, 3.63) is 87.9 Å². The lowest BCUT2D eigenvalue weighted by atomic mass is 9.87. The Labute approximate surface area is 215 Å². The molecule has 186 valence electrons. The molecule has 1 aromatic heterocycles. The van der Waals surface area contributed by atoms with E-state index in [2.05, 4.69) is 30.6 Å². The van der Waals surface area contributed by atoms with Gasteiger partial charge in [0.2, 0.25) is 5.91 Å². The number of hydrogen-bond acceptors (Lipinski definition) is 6. The third-order valence-electron chi connectivity index (χ3n) is 6.76. The van der Waals surface area contributed by atoms with E-state index in [0.29, 0.717) is 29.6 Å². The van der Waals surface area contributed by atoms with Crippen LogP contribution in [0.1, 0.15) is 31.4 Å². The Morgan fingerprint density at radius 1 is 1.22 bits per heavy atom. The predicted molar refractivity (Wildman–Crippen MR) is 144 cm³/mol. The van der Waals surface area contributed by atoms with Gasteiger partial charge in [-0.25, -0.2) is 4.98 Å². The molecular weight excluding hydrogens is 472 g/mol. The minimum atomic E-state index is -0.332. The Kier molecular flexibility index (Phi) is 6.73. The van der Waals surface area contributed by atoms with Crippen LogP contribution in [-0.4, -0.2) is 33.4 Å². The zero-order valence-corrected chi connectivity index (χ0v) is 21.5. The summed E-state index contributed by atoms with van der Waals surface area (Å²) in [6.45, 7) is 6.73. The number of carbonyl (C=O) groups is 1. The van der Waals surface area contributed by atoms with Crippen molar-refractivity contribution < 1.29 is 9.53 Å². The van der Waals surface area contributed by atoms with Gasteiger partial charge in [-0.1, -0.05) is 54.6 Å². The summed E-state index contributed by atoms with van der Waals surface area (Å²) in [5, 5.41) is 6.81. The molecule has 36 heavy (non-hydrogen) atoms. The molecule has 0 spiro atoms. The highest BCUT2D eigenvalue weighted by atomic mass is 32.2. The summed E-state index contributed by atoms with van der Waals surface area (Å²) in [7, 11) is 0. The highest BCUT2D eigenvalue weighted by Crippen LogP contribution is 2.36. The van der Waals surface area contributed by atoms with Crippen molar-refractivity contribution in [3.63, 3.8) is 0 Å². The van der Waals surface area contributed by atoms with Crippen molar-refractivity contribution in [2.45, 2.75) is 44.4 Å². The number of para-hydroxylation sites is 1. The van der Waals surface area contributed by atoms with Gasteiger partial charge in [0, 0.05) is 17.3 Å². The summed E-state index contributed by atoms with van der Waals surface area (Å²) in [5.74, 6) is 0.624. The van der Waals surface area contributed by atoms with Crippen LogP contribution in [0, 0.1) is 12.8 Å². The van der Waals surface area contributed by atoms with Gasteiger partial charge in [0.1, 0.15) is 5.82 Å². The number of nitrogens with one attached hydrogen (secondary N) is 2. The molecule has 2 N–H and O–H groups in total. The molecule has 0 radical (unpaired) electrons. The first-order chi connectivity index (χ1) is 17.3. The van der Waals surface area contributed by atoms with Crippen LogP contribution in [0.5, 0.6) is 0 Å². The third-order valence-corrected chi connectivity index (χ3v) is 7.70. The maximum atomic E-state index is 13.8. The molecule has 0 fully saturated rings. The number of aromatic nitrogens is 2. The predicted octanol–water partition coefficient (Wildman–Crippen LogP) is 4.94. The van der Waals surface area contributed by atoms with E-state index in [-0.39, 0.29) is 28.7 Å². The second kappa shape index (κ2) is 9.95. The lowest BCUT2D eigenvalue weighted by molar-refractivity contribution is -0.113. The number of rotatable bonds is 6. The second-order valence-corrected chi connectivity index (χ2v) is 10.4. The first-order valence-corrected chi connectivity index (χ1v) is 13.2. The zero-order chi connectivity index (χ0) is 25.3. The van der Waals surface area contributed by atoms with E-state index in [4.69, 9.17) is 9.72 Å². The standard InChI is InChI=1S/C28H30N4O3S/c1-4-28(3)15-23-19(16-35-28)14-22-25(30-23)31-27(32(26(22)34)21-8-6-5-7-9-21)36-17-24(33)29-20-12-10-18(2)11-13-20/h5-13,15,19,30H,4,14,16-17H2,1-3H3,(H,29,33). The number of aryl methyl sites for hydroxylation is 1. The molecule has 0 saturated carbocycles. The Balaban J connectivity index is 1.47. The van der Waals surface area contributed by atoms with Crippen LogP contribution in [0.2, 0.25) is 0 Å². The molecule has 2 atom stereocenters. The molecule has 0 saturated heterocycles. The number of nitrogens with zero attached hydrogens (tertiary/aromatic N) is 2. The lowest BCUT2D eigenvalue weighted by Crippen LogP contribution is -2.41. The first kappa shape index (κ1) is 24.3. The van der Waals surface area contributed by atoms with E-state index in [0.717, 1.165) is 29.1 Å². The molecule has 2 aliphatic rings. The average molecular weight is 503 g/mol. The Hall–Kier alpha value is -3.36. The van der Waals surface area contributed by atoms with Crippen LogP contribution in [0.25, 0.3) is 5.69 Å². The Morgan fingerprint density at radius 2 is 1.97 bits per heavy atom. The summed E-state index contributed by atoms with van der Waals surface area (Å²) in [5.41, 5.74) is 3.82. The maximum Gasteiger partial charge on any atom is 0.264 e. The number of fused-ring (bicyclic) bond motifs is 2. The largest absolute Gasteiger partial charge is 0.370 e. The molecule has 2 aliphatic heterocycles. The molecular formula is C28H30N4O3S. The third kappa shape index (κ3) is 4.96. The van der Waals surface area contributed by atoms with Crippen LogP contribution in [0.4, 0.5) is 11.5 Å². The number of hydrogen-bond donors (Lipinski definition) is 2. The fourth-order valence-corrected chi connectivity index (χ4v) is 5.26. The fraction of sp³-hybridized carbons (Fsp3) is 0.321. The molecule has 7 nitrogen and oxygen atoms in total. The summed E-state index contributed by atoms with van der Waals surface area (Å²) in [6, 6.07) is 17.1. The van der Waals surface area contributed by atoms with Gasteiger partial charge < -0.3 is 15.4 Å². The Morgan fingerprint density at radius 3 is 2.69 bits per heavy atom. The summed E-state index contributed by atoms with van der Waals surface area (Å²) < 4.78 is 7.71. The van der Waals surface area contributed by atoms with E-state index < -0.39 is 0 Å². The van der Waals surface area contributed by atoms with Crippen LogP contribution >= 0.6 is 11.8 Å². The van der Waals surface area contributed by atoms with E-state index >= 15 is 0 Å². The summed E-state index contributed by atoms with van der Waals surface area (Å²) in [6.07, 6.45) is 3.54. The molecule has 8 heteroatoms. The SMILES string of the molecule is CCC1(C)C=C2Nc3nc(SCC(=O)Nc4ccc(C)cc4)n(-c4ccccc4)c(=O)c3CC2CO1. The highest BCUT2D eigenvalue weighted by Gasteiger charge is 2.36. The first-order valence-electron chi connectivity index (χ1n) is 12.2. The van der Waals surface area contributed by atoms with Crippen molar-refractivity contribution in [3.8, 4) is 5.69 Å². The van der Waals surface area contributed by atoms with Gasteiger partial charge >= 0.3 is 0 Å². The summed E-state index contributed by atoms with van der Waals surface area (Å²) >= 11 is 1.25. The lowest BCUT2D eigenvalue weighted by Gasteiger charge is -2.38. The van der Waals surface area contributed by atoms with Crippen molar-refractivity contribution in [2.75, 3.05) is 23.0 Å². The summed E-state index contributed by atoms with van der Waals surface area (Å²) in [4.78, 5) is 31.3. The monoisotopic (exact) mass is 502 g/mol. The highest BCUT2D eigenvalue weighted by molar-refractivity contribution is 7.99. The molecule has 2 aromatic carbocycles. The second-order valence-electron chi connectivity index (χ2n) is 9.50. The molecule has 0 bridgehead atoms. The van der Waals surface area contributed by atoms with Crippen LogP contribution in [0.15, 0.2) is 76.3 Å². The van der Waals surface area contributed by atoms with Crippen LogP contribution in [0.3, 0.4) is 0 Å². The number of benzene rings is 2. The van der Waals surface area contributed by atoms with E-state index in [1.54, 1.807) is 4.57 Å². The van der Waals surface area contributed by atoms with Gasteiger partial charge in [0.15, 0.2) is 5.16 Å². The average Bonchev–Trinajstić information content (AvgIpc) is 2.88. The van der Waals surface area contributed by atoms with Crippen molar-refractivity contribution in [1.82, 2.24) is 9.55 Å². The quantitative estimate of drug-likeness (QED) is 0.367. The van der Waals surface area contributed by atoms with E-state index in [1.807, 2.05) is 61.5 Å². The van der Waals surface area contributed by atoms with Gasteiger partial charge in [-0.05, 0) is 57.0 Å². The molecule has 3 aromatic rings. The molecule has 0 aliphatic carbocycles. The van der Waals surface area contributed by atoms with E-state index in [9.17, 15) is 9.59 Å². The van der Waals surface area contributed by atoms with Gasteiger partial charge in [0.25, 0.3) is 5.56 Å². The topological polar surface area (TPSA) is 85.3 Å². The minimum absolute atomic E-state index is 0.0923. The van der Waals surface area contributed by atoms with Gasteiger partial charge in [-0.15, -0.1) is 0 Å². The number of thioether (sulfide) groups is 1. The number of carbonyl (C=O) groups excluding carboxylic acids is 1. The van der Waals surface area contributed by atoms with Gasteiger partial charge in [0.05, 0.1) is 29.2 Å². The number of ether oxygens (including phenoxy) is 1. The van der Waals surface area contributed by atoms with E-state index in [1.165, 1.54) is 11.8 Å². The number of amides is 1. The number of anilines is 2. The zero-order valence-electron chi connectivity index (χ0n) is 20.7. The Bertz CT molecular complexity index is 1370. The molecule has 1 amide bonds. The van der Waals surface area contributed by atoms with Crippen molar-refractivity contribution in [1.29, 1.82) is 0 Å². The van der Waals surface area contributed by atoms with Crippen molar-refractivity contribution in [2.24, 2.45) is 5.92 Å². The maximum absolute atomic E-state index is 13.8. The van der Waals surface area contributed by atoms with Crippen LogP contribution < -0.4 is 16.2 Å². The normalized spacial score (nSPS) is 20.5. The van der Waals surface area contributed by atoms with Gasteiger partial charge in [-0.2, -0.15) is 0 Å². The molecule has 3 heterocycles.